The van der Waals surface area contributed by atoms with Gasteiger partial charge in [-0.25, -0.2) is 0 Å². The molecule has 2 heterocycles. The summed E-state index contributed by atoms with van der Waals surface area (Å²) in [5, 5.41) is 3.65. The van der Waals surface area contributed by atoms with Crippen LogP contribution < -0.4 is 5.32 Å². The van der Waals surface area contributed by atoms with E-state index in [0.717, 1.165) is 12.0 Å². The highest BCUT2D eigenvalue weighted by Gasteiger charge is 2.37. The van der Waals surface area contributed by atoms with Gasteiger partial charge >= 0.3 is 0 Å². The third kappa shape index (κ3) is 1.82. The lowest BCUT2D eigenvalue weighted by atomic mass is 9.99. The molecule has 1 saturated heterocycles. The Bertz CT molecular complexity index is 358. The highest BCUT2D eigenvalue weighted by molar-refractivity contribution is 5.48. The number of hydrogen-bond donors (Lipinski definition) is 1. The SMILES string of the molecule is C(=CC1NC2CCC1C2)c1cccnc1. The maximum absolute atomic E-state index is 4.11. The van der Waals surface area contributed by atoms with Crippen molar-refractivity contribution < 1.29 is 0 Å². The van der Waals surface area contributed by atoms with E-state index in [1.54, 1.807) is 0 Å². The van der Waals surface area contributed by atoms with Crippen molar-refractivity contribution in [1.29, 1.82) is 0 Å². The van der Waals surface area contributed by atoms with E-state index < -0.39 is 0 Å². The van der Waals surface area contributed by atoms with Crippen LogP contribution in [0.4, 0.5) is 0 Å². The quantitative estimate of drug-likeness (QED) is 0.792. The first kappa shape index (κ1) is 9.10. The van der Waals surface area contributed by atoms with Crippen molar-refractivity contribution in [1.82, 2.24) is 10.3 Å². The lowest BCUT2D eigenvalue weighted by Gasteiger charge is -2.19. The topological polar surface area (TPSA) is 24.9 Å². The monoisotopic (exact) mass is 200 g/mol. The zero-order valence-corrected chi connectivity index (χ0v) is 8.76. The molecule has 1 aromatic rings. The van der Waals surface area contributed by atoms with Gasteiger partial charge in [-0.3, -0.25) is 4.98 Å². The number of nitrogens with one attached hydrogen (secondary N) is 1. The summed E-state index contributed by atoms with van der Waals surface area (Å²) in [7, 11) is 0. The van der Waals surface area contributed by atoms with Crippen molar-refractivity contribution in [2.24, 2.45) is 5.92 Å². The van der Waals surface area contributed by atoms with Crippen molar-refractivity contribution in [3.8, 4) is 0 Å². The Balaban J connectivity index is 1.68. The van der Waals surface area contributed by atoms with Crippen LogP contribution in [0.5, 0.6) is 0 Å². The number of fused-ring (bicyclic) bond motifs is 2. The molecule has 1 aliphatic carbocycles. The average molecular weight is 200 g/mol. The molecule has 1 saturated carbocycles. The molecule has 1 aliphatic heterocycles. The first-order valence-electron chi connectivity index (χ1n) is 5.76. The van der Waals surface area contributed by atoms with E-state index in [0.29, 0.717) is 6.04 Å². The second-order valence-corrected chi connectivity index (χ2v) is 4.61. The third-order valence-electron chi connectivity index (χ3n) is 3.59. The van der Waals surface area contributed by atoms with E-state index in [2.05, 4.69) is 28.5 Å². The number of pyridine rings is 1. The van der Waals surface area contributed by atoms with Crippen LogP contribution in [0.2, 0.25) is 0 Å². The number of piperidine rings is 1. The Kier molecular flexibility index (Phi) is 2.29. The molecule has 1 N–H and O–H groups in total. The van der Waals surface area contributed by atoms with Crippen molar-refractivity contribution in [3.05, 3.63) is 36.2 Å². The molecule has 0 amide bonds. The Morgan fingerprint density at radius 3 is 3.07 bits per heavy atom. The normalized spacial score (nSPS) is 34.0. The van der Waals surface area contributed by atoms with Gasteiger partial charge in [0.05, 0.1) is 0 Å². The van der Waals surface area contributed by atoms with Gasteiger partial charge in [0.25, 0.3) is 0 Å². The fraction of sp³-hybridized carbons (Fsp3) is 0.462. The van der Waals surface area contributed by atoms with Gasteiger partial charge in [-0.2, -0.15) is 0 Å². The predicted octanol–water partition coefficient (Wildman–Crippen LogP) is 2.24. The van der Waals surface area contributed by atoms with E-state index in [1.807, 2.05) is 18.5 Å². The van der Waals surface area contributed by atoms with Crippen LogP contribution in [-0.2, 0) is 0 Å². The van der Waals surface area contributed by atoms with E-state index >= 15 is 0 Å². The van der Waals surface area contributed by atoms with Gasteiger partial charge < -0.3 is 5.32 Å². The Labute approximate surface area is 90.4 Å². The van der Waals surface area contributed by atoms with Gasteiger partial charge in [0.15, 0.2) is 0 Å². The van der Waals surface area contributed by atoms with Crippen molar-refractivity contribution in [2.45, 2.75) is 31.3 Å². The molecule has 0 spiro atoms. The fourth-order valence-corrected chi connectivity index (χ4v) is 2.80. The predicted molar refractivity (Wildman–Crippen MR) is 61.3 cm³/mol. The summed E-state index contributed by atoms with van der Waals surface area (Å²) in [5.74, 6) is 0.878. The highest BCUT2D eigenvalue weighted by Crippen LogP contribution is 2.35. The van der Waals surface area contributed by atoms with Crippen LogP contribution in [0.1, 0.15) is 24.8 Å². The highest BCUT2D eigenvalue weighted by atomic mass is 15.0. The lowest BCUT2D eigenvalue weighted by Crippen LogP contribution is -2.33. The van der Waals surface area contributed by atoms with Crippen LogP contribution in [-0.4, -0.2) is 17.1 Å². The Morgan fingerprint density at radius 1 is 1.40 bits per heavy atom. The van der Waals surface area contributed by atoms with E-state index in [4.69, 9.17) is 0 Å². The molecular weight excluding hydrogens is 184 g/mol. The maximum Gasteiger partial charge on any atom is 0.0340 e. The lowest BCUT2D eigenvalue weighted by molar-refractivity contribution is 0.437. The molecule has 2 aliphatic rings. The second-order valence-electron chi connectivity index (χ2n) is 4.61. The molecule has 15 heavy (non-hydrogen) atoms. The zero-order chi connectivity index (χ0) is 10.1. The Hall–Kier alpha value is -1.15. The van der Waals surface area contributed by atoms with E-state index in [9.17, 15) is 0 Å². The zero-order valence-electron chi connectivity index (χ0n) is 8.76. The van der Waals surface area contributed by atoms with Gasteiger partial charge in [-0.1, -0.05) is 18.2 Å². The average Bonchev–Trinajstić information content (AvgIpc) is 2.89. The van der Waals surface area contributed by atoms with Crippen LogP contribution >= 0.6 is 0 Å². The maximum atomic E-state index is 4.11. The largest absolute Gasteiger partial charge is 0.307 e. The fourth-order valence-electron chi connectivity index (χ4n) is 2.80. The first-order chi connectivity index (χ1) is 7.42. The molecule has 0 radical (unpaired) electrons. The summed E-state index contributed by atoms with van der Waals surface area (Å²) in [6.07, 6.45) is 12.4. The minimum atomic E-state index is 0.601. The van der Waals surface area contributed by atoms with Crippen molar-refractivity contribution >= 4 is 6.08 Å². The van der Waals surface area contributed by atoms with Crippen molar-refractivity contribution in [2.75, 3.05) is 0 Å². The van der Waals surface area contributed by atoms with Crippen LogP contribution in [0, 0.1) is 5.92 Å². The standard InChI is InChI=1S/C13H16N2/c1-2-10(9-14-7-1)3-6-13-11-4-5-12(8-11)15-13/h1-3,6-7,9,11-13,15H,4-5,8H2. The first-order valence-corrected chi connectivity index (χ1v) is 5.76. The minimum Gasteiger partial charge on any atom is -0.307 e. The molecule has 2 bridgehead atoms. The molecule has 2 nitrogen and oxygen atoms in total. The molecule has 1 aromatic heterocycles. The summed E-state index contributed by atoms with van der Waals surface area (Å²) in [6, 6.07) is 5.47. The number of aromatic nitrogens is 1. The van der Waals surface area contributed by atoms with Crippen molar-refractivity contribution in [3.63, 3.8) is 0 Å². The molecule has 2 heteroatoms. The van der Waals surface area contributed by atoms with Crippen LogP contribution in [0.25, 0.3) is 6.08 Å². The summed E-state index contributed by atoms with van der Waals surface area (Å²) in [5.41, 5.74) is 1.20. The van der Waals surface area contributed by atoms with E-state index in [-0.39, 0.29) is 0 Å². The summed E-state index contributed by atoms with van der Waals surface area (Å²) in [4.78, 5) is 4.11. The van der Waals surface area contributed by atoms with Gasteiger partial charge in [0.1, 0.15) is 0 Å². The van der Waals surface area contributed by atoms with Gasteiger partial charge in [0.2, 0.25) is 0 Å². The molecule has 3 unspecified atom stereocenters. The van der Waals surface area contributed by atoms with Crippen LogP contribution in [0.3, 0.4) is 0 Å². The number of nitrogens with zero attached hydrogens (tertiary/aromatic N) is 1. The summed E-state index contributed by atoms with van der Waals surface area (Å²) >= 11 is 0. The minimum absolute atomic E-state index is 0.601. The smallest absolute Gasteiger partial charge is 0.0340 e. The molecule has 3 rings (SSSR count). The molecule has 78 valence electrons. The number of hydrogen-bond acceptors (Lipinski definition) is 2. The molecule has 2 fully saturated rings. The molecule has 3 atom stereocenters. The van der Waals surface area contributed by atoms with Gasteiger partial charge in [-0.05, 0) is 36.8 Å². The number of rotatable bonds is 2. The van der Waals surface area contributed by atoms with E-state index in [1.165, 1.54) is 24.8 Å². The van der Waals surface area contributed by atoms with Gasteiger partial charge in [-0.15, -0.1) is 0 Å². The summed E-state index contributed by atoms with van der Waals surface area (Å²) in [6.45, 7) is 0. The third-order valence-corrected chi connectivity index (χ3v) is 3.59. The molecular formula is C13H16N2. The summed E-state index contributed by atoms with van der Waals surface area (Å²) < 4.78 is 0. The Morgan fingerprint density at radius 2 is 2.40 bits per heavy atom. The molecule has 0 aromatic carbocycles. The van der Waals surface area contributed by atoms with Gasteiger partial charge in [0, 0.05) is 24.5 Å². The second kappa shape index (κ2) is 3.78. The van der Waals surface area contributed by atoms with Crippen LogP contribution in [0.15, 0.2) is 30.6 Å².